The van der Waals surface area contributed by atoms with Gasteiger partial charge in [0.05, 0.1) is 13.7 Å². The molecule has 2 nitrogen and oxygen atoms in total. The first-order valence-electron chi connectivity index (χ1n) is 5.67. The molecule has 0 spiro atoms. The van der Waals surface area contributed by atoms with Gasteiger partial charge in [0.2, 0.25) is 0 Å². The van der Waals surface area contributed by atoms with E-state index in [1.807, 2.05) is 12.1 Å². The normalized spacial score (nSPS) is 10.2. The van der Waals surface area contributed by atoms with Gasteiger partial charge in [-0.15, -0.1) is 11.6 Å². The van der Waals surface area contributed by atoms with Crippen molar-refractivity contribution in [2.45, 2.75) is 26.2 Å². The highest BCUT2D eigenvalue weighted by molar-refractivity contribution is 6.17. The molecule has 90 valence electrons. The van der Waals surface area contributed by atoms with Crippen molar-refractivity contribution in [3.05, 3.63) is 23.8 Å². The van der Waals surface area contributed by atoms with Crippen LogP contribution in [0, 0.1) is 0 Å². The van der Waals surface area contributed by atoms with Gasteiger partial charge < -0.3 is 9.47 Å². The van der Waals surface area contributed by atoms with Gasteiger partial charge in [-0.2, -0.15) is 0 Å². The molecule has 1 aromatic rings. The Hall–Kier alpha value is -0.890. The van der Waals surface area contributed by atoms with E-state index < -0.39 is 0 Å². The van der Waals surface area contributed by atoms with Crippen LogP contribution in [0.3, 0.4) is 0 Å². The van der Waals surface area contributed by atoms with Gasteiger partial charge >= 0.3 is 0 Å². The van der Waals surface area contributed by atoms with Crippen molar-refractivity contribution in [3.63, 3.8) is 0 Å². The third kappa shape index (κ3) is 3.93. The average molecular weight is 243 g/mol. The zero-order chi connectivity index (χ0) is 11.8. The fourth-order valence-corrected chi connectivity index (χ4v) is 1.61. The second kappa shape index (κ2) is 7.39. The van der Waals surface area contributed by atoms with Gasteiger partial charge in [0.25, 0.3) is 0 Å². The number of halogens is 1. The Kier molecular flexibility index (Phi) is 6.09. The Morgan fingerprint density at radius 1 is 1.25 bits per heavy atom. The minimum atomic E-state index is 0.692. The van der Waals surface area contributed by atoms with Crippen molar-refractivity contribution in [3.8, 4) is 11.5 Å². The maximum Gasteiger partial charge on any atom is 0.161 e. The molecule has 0 radical (unpaired) electrons. The lowest BCUT2D eigenvalue weighted by Crippen LogP contribution is -1.99. The van der Waals surface area contributed by atoms with E-state index in [9.17, 15) is 0 Å². The summed E-state index contributed by atoms with van der Waals surface area (Å²) in [5.74, 6) is 2.32. The van der Waals surface area contributed by atoms with Gasteiger partial charge in [-0.25, -0.2) is 0 Å². The first kappa shape index (κ1) is 13.2. The first-order chi connectivity index (χ1) is 7.81. The number of ether oxygens (including phenoxy) is 2. The molecule has 0 atom stereocenters. The van der Waals surface area contributed by atoms with Gasteiger partial charge in [0.1, 0.15) is 0 Å². The van der Waals surface area contributed by atoms with Crippen LogP contribution in [0.2, 0.25) is 0 Å². The van der Waals surface area contributed by atoms with Crippen molar-refractivity contribution in [2.75, 3.05) is 19.6 Å². The SMILES string of the molecule is CCCOc1cc(CCCCl)ccc1OC. The summed E-state index contributed by atoms with van der Waals surface area (Å²) in [7, 11) is 1.66. The summed E-state index contributed by atoms with van der Waals surface area (Å²) in [6.45, 7) is 2.80. The lowest BCUT2D eigenvalue weighted by Gasteiger charge is -2.11. The maximum absolute atomic E-state index is 5.68. The van der Waals surface area contributed by atoms with Crippen molar-refractivity contribution >= 4 is 11.6 Å². The zero-order valence-corrected chi connectivity index (χ0v) is 10.7. The summed E-state index contributed by atoms with van der Waals surface area (Å²) in [5.41, 5.74) is 1.24. The summed E-state index contributed by atoms with van der Waals surface area (Å²) < 4.78 is 10.9. The average Bonchev–Trinajstić information content (AvgIpc) is 2.33. The van der Waals surface area contributed by atoms with E-state index in [-0.39, 0.29) is 0 Å². The summed E-state index contributed by atoms with van der Waals surface area (Å²) >= 11 is 5.68. The van der Waals surface area contributed by atoms with Crippen LogP contribution in [0.25, 0.3) is 0 Å². The van der Waals surface area contributed by atoms with Crippen LogP contribution in [0.5, 0.6) is 11.5 Å². The van der Waals surface area contributed by atoms with E-state index in [0.29, 0.717) is 5.88 Å². The number of rotatable bonds is 7. The third-order valence-electron chi connectivity index (χ3n) is 2.29. The summed E-state index contributed by atoms with van der Waals surface area (Å²) in [6, 6.07) is 6.06. The number of hydrogen-bond acceptors (Lipinski definition) is 2. The van der Waals surface area contributed by atoms with Gasteiger partial charge in [-0.3, -0.25) is 0 Å². The van der Waals surface area contributed by atoms with Crippen molar-refractivity contribution in [2.24, 2.45) is 0 Å². The number of alkyl halides is 1. The smallest absolute Gasteiger partial charge is 0.161 e. The Morgan fingerprint density at radius 2 is 2.06 bits per heavy atom. The fourth-order valence-electron chi connectivity index (χ4n) is 1.47. The Bertz CT molecular complexity index is 313. The van der Waals surface area contributed by atoms with Gasteiger partial charge in [-0.1, -0.05) is 13.0 Å². The molecule has 0 N–H and O–H groups in total. The zero-order valence-electron chi connectivity index (χ0n) is 9.96. The number of benzene rings is 1. The number of aryl methyl sites for hydroxylation is 1. The van der Waals surface area contributed by atoms with Gasteiger partial charge in [-0.05, 0) is 37.0 Å². The van der Waals surface area contributed by atoms with E-state index >= 15 is 0 Å². The summed E-state index contributed by atoms with van der Waals surface area (Å²) in [4.78, 5) is 0. The lowest BCUT2D eigenvalue weighted by atomic mass is 10.1. The predicted molar refractivity (Wildman–Crippen MR) is 67.8 cm³/mol. The third-order valence-corrected chi connectivity index (χ3v) is 2.56. The molecule has 16 heavy (non-hydrogen) atoms. The molecule has 0 aliphatic heterocycles. The Balaban J connectivity index is 2.74. The summed E-state index contributed by atoms with van der Waals surface area (Å²) in [6.07, 6.45) is 2.96. The van der Waals surface area contributed by atoms with Crippen molar-refractivity contribution in [1.82, 2.24) is 0 Å². The Labute approximate surface area is 103 Å². The number of methoxy groups -OCH3 is 1. The van der Waals surface area contributed by atoms with E-state index in [1.165, 1.54) is 5.56 Å². The molecule has 0 aromatic heterocycles. The van der Waals surface area contributed by atoms with Crippen LogP contribution in [-0.4, -0.2) is 19.6 Å². The second-order valence-corrected chi connectivity index (χ2v) is 4.00. The van der Waals surface area contributed by atoms with Crippen LogP contribution < -0.4 is 9.47 Å². The fraction of sp³-hybridized carbons (Fsp3) is 0.538. The van der Waals surface area contributed by atoms with Crippen molar-refractivity contribution < 1.29 is 9.47 Å². The van der Waals surface area contributed by atoms with E-state index in [2.05, 4.69) is 13.0 Å². The second-order valence-electron chi connectivity index (χ2n) is 3.63. The Morgan fingerprint density at radius 3 is 2.69 bits per heavy atom. The molecule has 3 heteroatoms. The number of hydrogen-bond donors (Lipinski definition) is 0. The predicted octanol–water partition coefficient (Wildman–Crippen LogP) is 3.66. The largest absolute Gasteiger partial charge is 0.493 e. The topological polar surface area (TPSA) is 18.5 Å². The van der Waals surface area contributed by atoms with Crippen molar-refractivity contribution in [1.29, 1.82) is 0 Å². The van der Waals surface area contributed by atoms with Crippen LogP contribution in [0.1, 0.15) is 25.3 Å². The summed E-state index contributed by atoms with van der Waals surface area (Å²) in [5, 5.41) is 0. The monoisotopic (exact) mass is 242 g/mol. The minimum absolute atomic E-state index is 0.692. The van der Waals surface area contributed by atoms with Crippen LogP contribution in [-0.2, 0) is 6.42 Å². The molecular formula is C13H19ClO2. The van der Waals surface area contributed by atoms with E-state index in [0.717, 1.165) is 37.4 Å². The molecule has 0 aliphatic carbocycles. The molecular weight excluding hydrogens is 224 g/mol. The molecule has 0 fully saturated rings. The lowest BCUT2D eigenvalue weighted by molar-refractivity contribution is 0.294. The van der Waals surface area contributed by atoms with Gasteiger partial charge in [0.15, 0.2) is 11.5 Å². The molecule has 0 aliphatic rings. The van der Waals surface area contributed by atoms with E-state index in [4.69, 9.17) is 21.1 Å². The minimum Gasteiger partial charge on any atom is -0.493 e. The highest BCUT2D eigenvalue weighted by Gasteiger charge is 2.05. The molecule has 1 rings (SSSR count). The first-order valence-corrected chi connectivity index (χ1v) is 6.21. The molecule has 1 aromatic carbocycles. The molecule has 0 unspecified atom stereocenters. The standard InChI is InChI=1S/C13H19ClO2/c1-3-9-16-13-10-11(5-4-8-14)6-7-12(13)15-2/h6-7,10H,3-5,8-9H2,1-2H3. The van der Waals surface area contributed by atoms with Crippen LogP contribution in [0.15, 0.2) is 18.2 Å². The van der Waals surface area contributed by atoms with Crippen LogP contribution >= 0.6 is 11.6 Å². The molecule has 0 heterocycles. The molecule has 0 bridgehead atoms. The molecule has 0 saturated heterocycles. The van der Waals surface area contributed by atoms with Crippen LogP contribution in [0.4, 0.5) is 0 Å². The van der Waals surface area contributed by atoms with E-state index in [1.54, 1.807) is 7.11 Å². The maximum atomic E-state index is 5.68. The highest BCUT2D eigenvalue weighted by Crippen LogP contribution is 2.28. The molecule has 0 saturated carbocycles. The quantitative estimate of drug-likeness (QED) is 0.680. The highest BCUT2D eigenvalue weighted by atomic mass is 35.5. The molecule has 0 amide bonds. The van der Waals surface area contributed by atoms with Gasteiger partial charge in [0, 0.05) is 5.88 Å².